The van der Waals surface area contributed by atoms with Crippen LogP contribution in [0.5, 0.6) is 5.75 Å². The van der Waals surface area contributed by atoms with E-state index in [1.54, 1.807) is 12.1 Å². The fourth-order valence-electron chi connectivity index (χ4n) is 2.60. The van der Waals surface area contributed by atoms with E-state index in [2.05, 4.69) is 9.82 Å². The summed E-state index contributed by atoms with van der Waals surface area (Å²) in [5.41, 5.74) is 5.22. The number of primary amides is 1. The summed E-state index contributed by atoms with van der Waals surface area (Å²) in [6.45, 7) is 1.08. The molecule has 1 aromatic carbocycles. The van der Waals surface area contributed by atoms with Gasteiger partial charge in [-0.3, -0.25) is 4.79 Å². The Kier molecular flexibility index (Phi) is 6.16. The molecular weight excluding hydrogens is 382 g/mol. The fraction of sp³-hybridized carbons (Fsp3) is 0.375. The van der Waals surface area contributed by atoms with Gasteiger partial charge >= 0.3 is 6.55 Å². The third kappa shape index (κ3) is 4.61. The van der Waals surface area contributed by atoms with Gasteiger partial charge in [-0.1, -0.05) is 12.1 Å². The molecule has 0 aliphatic rings. The number of ether oxygens (including phenoxy) is 1. The van der Waals surface area contributed by atoms with Crippen LogP contribution in [0.15, 0.2) is 29.2 Å². The lowest BCUT2D eigenvalue weighted by molar-refractivity contribution is 0.0538. The van der Waals surface area contributed by atoms with Gasteiger partial charge in [-0.15, -0.1) is 0 Å². The summed E-state index contributed by atoms with van der Waals surface area (Å²) in [5, 5.41) is 3.57. The Labute approximate surface area is 155 Å². The zero-order valence-electron chi connectivity index (χ0n) is 14.9. The van der Waals surface area contributed by atoms with Gasteiger partial charge in [0.05, 0.1) is 23.0 Å². The monoisotopic (exact) mass is 402 g/mol. The number of hydrogen-bond acceptors (Lipinski definition) is 5. The second-order valence-electron chi connectivity index (χ2n) is 5.92. The fourth-order valence-corrected chi connectivity index (χ4v) is 4.22. The Balaban J connectivity index is 2.14. The molecule has 0 radical (unpaired) electrons. The molecule has 148 valence electrons. The average Bonchev–Trinajstić information content (AvgIpc) is 2.88. The first-order valence-corrected chi connectivity index (χ1v) is 9.40. The van der Waals surface area contributed by atoms with E-state index >= 15 is 0 Å². The van der Waals surface area contributed by atoms with Gasteiger partial charge in [0.25, 0.3) is 5.91 Å². The van der Waals surface area contributed by atoms with Crippen molar-refractivity contribution in [2.45, 2.75) is 38.3 Å². The normalized spacial score (nSPS) is 13.0. The number of benzene rings is 1. The maximum Gasteiger partial charge on any atom is 0.333 e. The Hall–Kier alpha value is -2.53. The highest BCUT2D eigenvalue weighted by Crippen LogP contribution is 2.24. The molecule has 0 unspecified atom stereocenters. The number of carbonyl (C=O) groups is 1. The van der Waals surface area contributed by atoms with Crippen molar-refractivity contribution in [3.63, 3.8) is 0 Å². The molecule has 1 amide bonds. The summed E-state index contributed by atoms with van der Waals surface area (Å²) in [6.07, 6.45) is 0. The number of alkyl halides is 2. The third-order valence-corrected chi connectivity index (χ3v) is 5.55. The molecule has 2 rings (SSSR count). The van der Waals surface area contributed by atoms with Crippen LogP contribution >= 0.6 is 0 Å². The number of rotatable bonds is 8. The first-order valence-electron chi connectivity index (χ1n) is 7.92. The van der Waals surface area contributed by atoms with E-state index in [-0.39, 0.29) is 34.2 Å². The van der Waals surface area contributed by atoms with E-state index in [1.165, 1.54) is 32.9 Å². The van der Waals surface area contributed by atoms with Crippen LogP contribution in [-0.4, -0.2) is 36.8 Å². The molecule has 11 heteroatoms. The first kappa shape index (κ1) is 20.8. The van der Waals surface area contributed by atoms with E-state index in [0.29, 0.717) is 4.68 Å². The largest absolute Gasteiger partial charge is 0.491 e. The average molecular weight is 402 g/mol. The molecule has 2 aromatic rings. The summed E-state index contributed by atoms with van der Waals surface area (Å²) < 4.78 is 59.1. The lowest BCUT2D eigenvalue weighted by Gasteiger charge is -2.16. The highest BCUT2D eigenvalue weighted by Gasteiger charge is 2.28. The highest BCUT2D eigenvalue weighted by atomic mass is 32.2. The number of nitrogens with zero attached hydrogens (tertiary/aromatic N) is 2. The standard InChI is InChI=1S/C16H20F2N4O4S/c1-9(8-26-13-7-5-4-6-12(13)15(19)23)21-27(24,25)14-10(2)20-22(11(14)3)16(17)18/h4-7,9,16,21H,8H2,1-3H3,(H2,19,23)/t9-/m0/s1. The Bertz CT molecular complexity index is 944. The van der Waals surface area contributed by atoms with Gasteiger partial charge in [-0.25, -0.2) is 17.8 Å². The van der Waals surface area contributed by atoms with Crippen molar-refractivity contribution < 1.29 is 26.7 Å². The van der Waals surface area contributed by atoms with Crippen molar-refractivity contribution >= 4 is 15.9 Å². The van der Waals surface area contributed by atoms with Crippen LogP contribution in [0, 0.1) is 13.8 Å². The first-order chi connectivity index (χ1) is 12.5. The van der Waals surface area contributed by atoms with Gasteiger partial charge in [0, 0.05) is 0 Å². The lowest BCUT2D eigenvalue weighted by atomic mass is 10.2. The number of amides is 1. The second-order valence-corrected chi connectivity index (χ2v) is 7.57. The zero-order chi connectivity index (χ0) is 20.4. The Morgan fingerprint density at radius 3 is 2.52 bits per heavy atom. The van der Waals surface area contributed by atoms with E-state index in [0.717, 1.165) is 0 Å². The number of aromatic nitrogens is 2. The van der Waals surface area contributed by atoms with Gasteiger partial charge in [-0.05, 0) is 32.9 Å². The summed E-state index contributed by atoms with van der Waals surface area (Å²) in [7, 11) is -4.10. The van der Waals surface area contributed by atoms with Crippen LogP contribution in [0.25, 0.3) is 0 Å². The maximum absolute atomic E-state index is 12.9. The minimum atomic E-state index is -4.10. The van der Waals surface area contributed by atoms with Gasteiger partial charge in [-0.2, -0.15) is 13.9 Å². The number of para-hydroxylation sites is 1. The highest BCUT2D eigenvalue weighted by molar-refractivity contribution is 7.89. The van der Waals surface area contributed by atoms with Gasteiger partial charge in [0.15, 0.2) is 0 Å². The molecule has 0 bridgehead atoms. The lowest BCUT2D eigenvalue weighted by Crippen LogP contribution is -2.37. The Morgan fingerprint density at radius 2 is 1.96 bits per heavy atom. The molecule has 1 aromatic heterocycles. The minimum absolute atomic E-state index is 0.0347. The predicted molar refractivity (Wildman–Crippen MR) is 93.2 cm³/mol. The molecule has 0 saturated heterocycles. The number of aryl methyl sites for hydroxylation is 1. The number of nitrogens with one attached hydrogen (secondary N) is 1. The van der Waals surface area contributed by atoms with Crippen LogP contribution in [0.1, 0.15) is 35.2 Å². The van der Waals surface area contributed by atoms with Gasteiger partial charge in [0.2, 0.25) is 10.0 Å². The number of hydrogen-bond donors (Lipinski definition) is 2. The van der Waals surface area contributed by atoms with Crippen LogP contribution < -0.4 is 15.2 Å². The van der Waals surface area contributed by atoms with Crippen molar-refractivity contribution in [1.82, 2.24) is 14.5 Å². The molecule has 0 aliphatic carbocycles. The maximum atomic E-state index is 12.9. The number of nitrogens with two attached hydrogens (primary N) is 1. The molecule has 0 fully saturated rings. The van der Waals surface area contributed by atoms with Crippen LogP contribution in [0.4, 0.5) is 8.78 Å². The zero-order valence-corrected chi connectivity index (χ0v) is 15.8. The van der Waals surface area contributed by atoms with Crippen molar-refractivity contribution in [3.05, 3.63) is 41.2 Å². The molecule has 27 heavy (non-hydrogen) atoms. The molecule has 0 aliphatic heterocycles. The SMILES string of the molecule is Cc1nn(C(F)F)c(C)c1S(=O)(=O)N[C@@H](C)COc1ccccc1C(N)=O. The van der Waals surface area contributed by atoms with Crippen LogP contribution in [0.3, 0.4) is 0 Å². The molecule has 8 nitrogen and oxygen atoms in total. The van der Waals surface area contributed by atoms with Crippen molar-refractivity contribution in [1.29, 1.82) is 0 Å². The number of carbonyl (C=O) groups excluding carboxylic acids is 1. The predicted octanol–water partition coefficient (Wildman–Crippen LogP) is 1.74. The van der Waals surface area contributed by atoms with Crippen LogP contribution in [0.2, 0.25) is 0 Å². The van der Waals surface area contributed by atoms with E-state index in [4.69, 9.17) is 10.5 Å². The smallest absolute Gasteiger partial charge is 0.333 e. The van der Waals surface area contributed by atoms with E-state index in [1.807, 2.05) is 0 Å². The van der Waals surface area contributed by atoms with Gasteiger partial charge in [0.1, 0.15) is 17.3 Å². The van der Waals surface area contributed by atoms with Crippen LogP contribution in [-0.2, 0) is 10.0 Å². The Morgan fingerprint density at radius 1 is 1.33 bits per heavy atom. The van der Waals surface area contributed by atoms with Crippen molar-refractivity contribution in [2.24, 2.45) is 5.73 Å². The van der Waals surface area contributed by atoms with E-state index in [9.17, 15) is 22.0 Å². The third-order valence-electron chi connectivity index (χ3n) is 3.71. The summed E-state index contributed by atoms with van der Waals surface area (Å²) in [6, 6.07) is 5.55. The molecule has 0 saturated carbocycles. The summed E-state index contributed by atoms with van der Waals surface area (Å²) in [5.74, 6) is -0.460. The molecule has 0 spiro atoms. The molecular formula is C16H20F2N4O4S. The van der Waals surface area contributed by atoms with Gasteiger partial charge < -0.3 is 10.5 Å². The number of sulfonamides is 1. The van der Waals surface area contributed by atoms with E-state index < -0.39 is 28.5 Å². The quantitative estimate of drug-likeness (QED) is 0.698. The number of halogens is 2. The second kappa shape index (κ2) is 8.01. The minimum Gasteiger partial charge on any atom is -0.491 e. The summed E-state index contributed by atoms with van der Waals surface area (Å²) >= 11 is 0. The molecule has 1 heterocycles. The topological polar surface area (TPSA) is 116 Å². The van der Waals surface area contributed by atoms with Crippen molar-refractivity contribution in [3.8, 4) is 5.75 Å². The molecule has 3 N–H and O–H groups in total. The molecule has 1 atom stereocenters. The van der Waals surface area contributed by atoms with Crippen molar-refractivity contribution in [2.75, 3.05) is 6.61 Å². The summed E-state index contributed by atoms with van der Waals surface area (Å²) in [4.78, 5) is 11.1.